The van der Waals surface area contributed by atoms with Gasteiger partial charge in [-0.25, -0.2) is 14.8 Å². The van der Waals surface area contributed by atoms with E-state index in [1.54, 1.807) is 30.6 Å². The molecule has 216 valence electrons. The van der Waals surface area contributed by atoms with Crippen molar-refractivity contribution < 1.29 is 36.2 Å². The molecule has 0 unspecified atom stereocenters. The molecule has 0 bridgehead atoms. The Morgan fingerprint density at radius 3 is 1.56 bits per heavy atom. The van der Waals surface area contributed by atoms with Gasteiger partial charge in [0.05, 0.1) is 27.2 Å². The number of pyridine rings is 2. The van der Waals surface area contributed by atoms with Crippen molar-refractivity contribution in [3.05, 3.63) is 45.7 Å². The van der Waals surface area contributed by atoms with Gasteiger partial charge in [0, 0.05) is 50.2 Å². The normalized spacial score (nSPS) is 16.7. The number of aromatic nitrogens is 2. The zero-order valence-electron chi connectivity index (χ0n) is 21.0. The van der Waals surface area contributed by atoms with E-state index in [4.69, 9.17) is 28.9 Å². The number of amides is 1. The van der Waals surface area contributed by atoms with Crippen molar-refractivity contribution >= 4 is 40.9 Å². The lowest BCUT2D eigenvalue weighted by Crippen LogP contribution is -2.65. The van der Waals surface area contributed by atoms with Gasteiger partial charge in [0.25, 0.3) is 0 Å². The second-order valence-electron chi connectivity index (χ2n) is 10.1. The molecule has 2 saturated heterocycles. The quantitative estimate of drug-likeness (QED) is 0.440. The maximum absolute atomic E-state index is 12.6. The molecule has 2 fully saturated rings. The maximum Gasteiger partial charge on any atom is 0.417 e. The molecule has 2 aliphatic rings. The smallest absolute Gasteiger partial charge is 0.417 e. The Balaban J connectivity index is 0.000000230. The third-order valence-electron chi connectivity index (χ3n) is 5.96. The van der Waals surface area contributed by atoms with Crippen molar-refractivity contribution in [2.75, 3.05) is 36.0 Å². The monoisotopic (exact) mass is 602 g/mol. The Morgan fingerprint density at radius 2 is 1.28 bits per heavy atom. The summed E-state index contributed by atoms with van der Waals surface area (Å²) in [5, 5.41) is 9.22. The largest absolute Gasteiger partial charge is 0.465 e. The van der Waals surface area contributed by atoms with Gasteiger partial charge in [-0.05, 0) is 32.9 Å². The Morgan fingerprint density at radius 1 is 0.897 bits per heavy atom. The number of anilines is 2. The molecule has 0 aromatic carbocycles. The van der Waals surface area contributed by atoms with E-state index in [0.29, 0.717) is 32.0 Å². The highest BCUT2D eigenvalue weighted by atomic mass is 35.5. The fraction of sp³-hybridized carbons (Fsp3) is 0.522. The first-order chi connectivity index (χ1) is 17.8. The molecule has 39 heavy (non-hydrogen) atoms. The fourth-order valence-electron chi connectivity index (χ4n) is 4.10. The Labute approximate surface area is 230 Å². The number of carbonyl (C=O) groups is 1. The predicted molar refractivity (Wildman–Crippen MR) is 134 cm³/mol. The lowest BCUT2D eigenvalue weighted by atomic mass is 9.99. The Kier molecular flexibility index (Phi) is 8.73. The molecular formula is C23H26Cl2F6N6O2. The molecule has 2 aromatic rings. The average Bonchev–Trinajstić information content (AvgIpc) is 2.72. The van der Waals surface area contributed by atoms with Crippen LogP contribution in [0.1, 0.15) is 31.9 Å². The highest BCUT2D eigenvalue weighted by Gasteiger charge is 2.42. The van der Waals surface area contributed by atoms with Crippen molar-refractivity contribution in [3.63, 3.8) is 0 Å². The molecule has 0 saturated carbocycles. The minimum Gasteiger partial charge on any atom is -0.465 e. The number of carboxylic acid groups (broad SMARTS) is 1. The molecule has 4 heterocycles. The number of nitrogens with zero attached hydrogens (tertiary/aromatic N) is 5. The van der Waals surface area contributed by atoms with Crippen LogP contribution < -0.4 is 15.5 Å². The van der Waals surface area contributed by atoms with Gasteiger partial charge in [-0.3, -0.25) is 4.90 Å². The van der Waals surface area contributed by atoms with E-state index in [-0.39, 0.29) is 27.9 Å². The molecule has 16 heteroatoms. The van der Waals surface area contributed by atoms with E-state index >= 15 is 0 Å². The third kappa shape index (κ3) is 7.28. The molecule has 0 spiro atoms. The van der Waals surface area contributed by atoms with Gasteiger partial charge in [0.15, 0.2) is 0 Å². The number of hydrogen-bond acceptors (Lipinski definition) is 6. The lowest BCUT2D eigenvalue weighted by molar-refractivity contribution is -0.138. The summed E-state index contributed by atoms with van der Waals surface area (Å²) < 4.78 is 74.8. The fourth-order valence-corrected chi connectivity index (χ4v) is 4.68. The van der Waals surface area contributed by atoms with Crippen LogP contribution in [0.3, 0.4) is 0 Å². The summed E-state index contributed by atoms with van der Waals surface area (Å²) in [6.07, 6.45) is -8.44. The second-order valence-corrected chi connectivity index (χ2v) is 10.9. The van der Waals surface area contributed by atoms with Crippen molar-refractivity contribution in [3.8, 4) is 0 Å². The number of halogens is 8. The van der Waals surface area contributed by atoms with Gasteiger partial charge in [0.2, 0.25) is 0 Å². The summed E-state index contributed by atoms with van der Waals surface area (Å²) in [5.41, 5.74) is 3.24. The van der Waals surface area contributed by atoms with Gasteiger partial charge < -0.3 is 20.6 Å². The van der Waals surface area contributed by atoms with Gasteiger partial charge >= 0.3 is 18.4 Å². The van der Waals surface area contributed by atoms with Crippen LogP contribution in [0.2, 0.25) is 10.0 Å². The second kappa shape index (κ2) is 11.0. The first-order valence-electron chi connectivity index (χ1n) is 11.5. The van der Waals surface area contributed by atoms with Crippen molar-refractivity contribution in [2.45, 2.75) is 50.7 Å². The number of nitrogens with two attached hydrogens (primary N) is 1. The molecule has 1 amide bonds. The summed E-state index contributed by atoms with van der Waals surface area (Å²) in [6, 6.07) is 1.50. The summed E-state index contributed by atoms with van der Waals surface area (Å²) in [5.74, 6) is 0.589. The number of hydrogen-bond donors (Lipinski definition) is 2. The van der Waals surface area contributed by atoms with Crippen LogP contribution >= 0.6 is 23.2 Å². The lowest BCUT2D eigenvalue weighted by Gasteiger charge is -2.49. The van der Waals surface area contributed by atoms with Gasteiger partial charge in [0.1, 0.15) is 11.6 Å². The molecule has 0 atom stereocenters. The van der Waals surface area contributed by atoms with Crippen LogP contribution in [0.15, 0.2) is 24.5 Å². The topological polar surface area (TPSA) is 98.8 Å². The Hall–Kier alpha value is -2.71. The van der Waals surface area contributed by atoms with Gasteiger partial charge in [-0.1, -0.05) is 23.2 Å². The minimum absolute atomic E-state index is 0.00160. The van der Waals surface area contributed by atoms with E-state index in [1.165, 1.54) is 4.90 Å². The van der Waals surface area contributed by atoms with E-state index in [2.05, 4.69) is 9.97 Å². The molecule has 2 aromatic heterocycles. The third-order valence-corrected chi connectivity index (χ3v) is 6.52. The summed E-state index contributed by atoms with van der Waals surface area (Å²) in [4.78, 5) is 23.6. The first-order valence-corrected chi connectivity index (χ1v) is 12.3. The highest BCUT2D eigenvalue weighted by Crippen LogP contribution is 2.36. The van der Waals surface area contributed by atoms with Gasteiger partial charge in [-0.15, -0.1) is 0 Å². The predicted octanol–water partition coefficient (Wildman–Crippen LogP) is 5.62. The molecule has 4 rings (SSSR count). The number of rotatable bonds is 3. The zero-order valence-corrected chi connectivity index (χ0v) is 22.5. The van der Waals surface area contributed by atoms with Gasteiger partial charge in [-0.2, -0.15) is 26.3 Å². The van der Waals surface area contributed by atoms with Crippen molar-refractivity contribution in [2.24, 2.45) is 5.73 Å². The average molecular weight is 603 g/mol. The van der Waals surface area contributed by atoms with Crippen LogP contribution in [0, 0.1) is 0 Å². The Bertz CT molecular complexity index is 1200. The molecular weight excluding hydrogens is 577 g/mol. The molecule has 3 N–H and O–H groups in total. The van der Waals surface area contributed by atoms with Crippen LogP contribution in [-0.2, 0) is 12.4 Å². The van der Waals surface area contributed by atoms with E-state index in [1.807, 2.05) is 0 Å². The van der Waals surface area contributed by atoms with Crippen LogP contribution in [0.4, 0.5) is 42.8 Å². The summed E-state index contributed by atoms with van der Waals surface area (Å²) >= 11 is 11.6. The first kappa shape index (κ1) is 30.8. The standard InChI is InChI=1S/C14H17ClF3N3O2.C9H9ClF3N3/c1-13(2,3)21(12(22)23)9-6-20(7-9)11-10(15)4-8(5-19-11)14(16,17)18;10-7-1-5(9(11,12)13)2-15-8(7)16-3-6(14)4-16/h4-5,9H,6-7H2,1-3H3,(H,22,23);1-2,6H,3-4,14H2. The van der Waals surface area contributed by atoms with Crippen molar-refractivity contribution in [1.82, 2.24) is 14.9 Å². The zero-order chi connectivity index (χ0) is 29.5. The van der Waals surface area contributed by atoms with Crippen LogP contribution in [0.5, 0.6) is 0 Å². The van der Waals surface area contributed by atoms with Crippen LogP contribution in [-0.4, -0.2) is 69.9 Å². The summed E-state index contributed by atoms with van der Waals surface area (Å²) in [6.45, 7) is 7.16. The van der Waals surface area contributed by atoms with Crippen LogP contribution in [0.25, 0.3) is 0 Å². The minimum atomic E-state index is -4.50. The SMILES string of the molecule is CC(C)(C)N(C(=O)O)C1CN(c2ncc(C(F)(F)F)cc2Cl)C1.NC1CN(c2ncc(C(F)(F)F)cc2Cl)C1. The van der Waals surface area contributed by atoms with E-state index < -0.39 is 35.1 Å². The molecule has 2 aliphatic heterocycles. The number of alkyl halides is 6. The summed E-state index contributed by atoms with van der Waals surface area (Å²) in [7, 11) is 0. The maximum atomic E-state index is 12.6. The molecule has 8 nitrogen and oxygen atoms in total. The van der Waals surface area contributed by atoms with Crippen molar-refractivity contribution in [1.29, 1.82) is 0 Å². The molecule has 0 radical (unpaired) electrons. The van der Waals surface area contributed by atoms with E-state index in [0.717, 1.165) is 24.5 Å². The highest BCUT2D eigenvalue weighted by molar-refractivity contribution is 6.33. The molecule has 0 aliphatic carbocycles. The van der Waals surface area contributed by atoms with E-state index in [9.17, 15) is 36.2 Å².